The molecule has 3 atom stereocenters. The van der Waals surface area contributed by atoms with Gasteiger partial charge in [-0.3, -0.25) is 9.59 Å². The quantitative estimate of drug-likeness (QED) is 0.621. The maximum absolute atomic E-state index is 12.8. The van der Waals surface area contributed by atoms with Gasteiger partial charge in [-0.2, -0.15) is 5.48 Å². The van der Waals surface area contributed by atoms with Crippen LogP contribution >= 0.6 is 11.3 Å². The Morgan fingerprint density at radius 2 is 2.00 bits per heavy atom. The Labute approximate surface area is 180 Å². The van der Waals surface area contributed by atoms with E-state index in [2.05, 4.69) is 10.5 Å². The molecule has 3 rings (SSSR count). The van der Waals surface area contributed by atoms with Gasteiger partial charge < -0.3 is 20.6 Å². The lowest BCUT2D eigenvalue weighted by Crippen LogP contribution is -2.55. The first-order valence-electron chi connectivity index (χ1n) is 9.79. The molecule has 2 heterocycles. The van der Waals surface area contributed by atoms with Gasteiger partial charge in [0.1, 0.15) is 6.04 Å². The number of rotatable bonds is 5. The molecular formula is C21H28N4O4S. The summed E-state index contributed by atoms with van der Waals surface area (Å²) in [6.07, 6.45) is -0.639. The first kappa shape index (κ1) is 22.2. The number of thiazole rings is 1. The van der Waals surface area contributed by atoms with E-state index in [4.69, 9.17) is 10.6 Å². The molecule has 1 aliphatic rings. The molecule has 1 aliphatic heterocycles. The van der Waals surface area contributed by atoms with Crippen molar-refractivity contribution in [2.24, 2.45) is 11.1 Å². The zero-order valence-corrected chi connectivity index (χ0v) is 18.4. The summed E-state index contributed by atoms with van der Waals surface area (Å²) in [5.41, 5.74) is 11.8. The first-order chi connectivity index (χ1) is 14.1. The zero-order valence-electron chi connectivity index (χ0n) is 17.6. The van der Waals surface area contributed by atoms with E-state index in [-0.39, 0.29) is 18.9 Å². The Hall–Kier alpha value is -2.49. The fourth-order valence-corrected chi connectivity index (χ4v) is 4.10. The van der Waals surface area contributed by atoms with E-state index in [0.717, 1.165) is 16.1 Å². The van der Waals surface area contributed by atoms with Crippen molar-refractivity contribution in [1.29, 1.82) is 0 Å². The Balaban J connectivity index is 1.63. The van der Waals surface area contributed by atoms with Crippen molar-refractivity contribution in [3.8, 4) is 16.2 Å². The monoisotopic (exact) mass is 432 g/mol. The smallest absolute Gasteiger partial charge is 0.275 e. The number of hydrogen-bond acceptors (Lipinski definition) is 7. The highest BCUT2D eigenvalue weighted by Crippen LogP contribution is 2.29. The van der Waals surface area contributed by atoms with E-state index >= 15 is 0 Å². The van der Waals surface area contributed by atoms with Crippen LogP contribution in [0.1, 0.15) is 32.9 Å². The molecule has 30 heavy (non-hydrogen) atoms. The second-order valence-electron chi connectivity index (χ2n) is 8.60. The minimum Gasteiger partial charge on any atom is -0.391 e. The number of aryl methyl sites for hydroxylation is 1. The SMILES string of the molecule is Cc1ncsc1-c1ccc(ONC(=O)[C@@H]2C[C@@H](O)CN2C(=O)[C@@H](N)C(C)(C)C)cc1. The Kier molecular flexibility index (Phi) is 6.44. The summed E-state index contributed by atoms with van der Waals surface area (Å²) in [6, 6.07) is 5.66. The predicted molar refractivity (Wildman–Crippen MR) is 115 cm³/mol. The molecule has 1 aromatic heterocycles. The minimum absolute atomic E-state index is 0.0730. The van der Waals surface area contributed by atoms with Crippen molar-refractivity contribution in [1.82, 2.24) is 15.4 Å². The second kappa shape index (κ2) is 8.71. The topological polar surface area (TPSA) is 118 Å². The number of hydroxylamine groups is 1. The molecule has 0 bridgehead atoms. The second-order valence-corrected chi connectivity index (χ2v) is 9.45. The number of aliphatic hydroxyl groups excluding tert-OH is 1. The number of benzene rings is 1. The number of nitrogens with one attached hydrogen (secondary N) is 1. The van der Waals surface area contributed by atoms with E-state index < -0.39 is 29.5 Å². The molecule has 0 radical (unpaired) electrons. The number of nitrogens with two attached hydrogens (primary N) is 1. The van der Waals surface area contributed by atoms with Crippen molar-refractivity contribution < 1.29 is 19.5 Å². The van der Waals surface area contributed by atoms with Crippen molar-refractivity contribution >= 4 is 23.2 Å². The molecule has 0 aliphatic carbocycles. The fraction of sp³-hybridized carbons (Fsp3) is 0.476. The molecule has 0 spiro atoms. The maximum Gasteiger partial charge on any atom is 0.275 e. The van der Waals surface area contributed by atoms with Crippen LogP contribution in [0.5, 0.6) is 5.75 Å². The van der Waals surface area contributed by atoms with E-state index in [1.165, 1.54) is 4.90 Å². The van der Waals surface area contributed by atoms with Gasteiger partial charge in [0, 0.05) is 13.0 Å². The molecule has 162 valence electrons. The third-order valence-corrected chi connectivity index (χ3v) is 6.17. The lowest BCUT2D eigenvalue weighted by Gasteiger charge is -2.32. The highest BCUT2D eigenvalue weighted by atomic mass is 32.1. The van der Waals surface area contributed by atoms with Crippen LogP contribution < -0.4 is 16.1 Å². The number of nitrogens with zero attached hydrogens (tertiary/aromatic N) is 2. The summed E-state index contributed by atoms with van der Waals surface area (Å²) in [4.78, 5) is 37.5. The van der Waals surface area contributed by atoms with Crippen LogP contribution in [-0.2, 0) is 9.59 Å². The molecule has 0 saturated carbocycles. The summed E-state index contributed by atoms with van der Waals surface area (Å²) in [6.45, 7) is 7.60. The van der Waals surface area contributed by atoms with E-state index in [0.29, 0.717) is 5.75 Å². The normalized spacial score (nSPS) is 20.1. The predicted octanol–water partition coefficient (Wildman–Crippen LogP) is 1.86. The van der Waals surface area contributed by atoms with Crippen molar-refractivity contribution in [3.05, 3.63) is 35.5 Å². The standard InChI is InChI=1S/C21H28N4O4S/c1-12-17(30-11-23-12)13-5-7-15(8-6-13)29-24-19(27)16-9-14(26)10-25(16)20(28)18(22)21(2,3)4/h5-8,11,14,16,18,26H,9-10,22H2,1-4H3,(H,24,27)/t14-,16+,18-/m1/s1. The van der Waals surface area contributed by atoms with Gasteiger partial charge in [-0.15, -0.1) is 11.3 Å². The van der Waals surface area contributed by atoms with Gasteiger partial charge in [0.25, 0.3) is 5.91 Å². The van der Waals surface area contributed by atoms with Crippen LogP contribution in [0.3, 0.4) is 0 Å². The number of amides is 2. The summed E-state index contributed by atoms with van der Waals surface area (Å²) in [5, 5.41) is 10.0. The van der Waals surface area contributed by atoms with Crippen LogP contribution in [0.4, 0.5) is 0 Å². The van der Waals surface area contributed by atoms with Gasteiger partial charge in [0.15, 0.2) is 5.75 Å². The molecule has 1 fully saturated rings. The number of likely N-dealkylation sites (tertiary alicyclic amines) is 1. The average molecular weight is 433 g/mol. The number of aliphatic hydroxyl groups is 1. The zero-order chi connectivity index (χ0) is 22.1. The van der Waals surface area contributed by atoms with E-state index in [1.807, 2.05) is 39.8 Å². The van der Waals surface area contributed by atoms with Crippen molar-refractivity contribution in [3.63, 3.8) is 0 Å². The van der Waals surface area contributed by atoms with Crippen LogP contribution in [0.2, 0.25) is 0 Å². The number of carbonyl (C=O) groups is 2. The molecule has 1 saturated heterocycles. The lowest BCUT2D eigenvalue weighted by atomic mass is 9.86. The number of hydrogen-bond donors (Lipinski definition) is 3. The fourth-order valence-electron chi connectivity index (χ4n) is 3.29. The Morgan fingerprint density at radius 3 is 2.57 bits per heavy atom. The lowest BCUT2D eigenvalue weighted by molar-refractivity contribution is -0.143. The third-order valence-electron chi connectivity index (χ3n) is 5.20. The van der Waals surface area contributed by atoms with E-state index in [9.17, 15) is 14.7 Å². The van der Waals surface area contributed by atoms with Crippen LogP contribution in [0.15, 0.2) is 29.8 Å². The van der Waals surface area contributed by atoms with Gasteiger partial charge in [-0.05, 0) is 42.2 Å². The number of carbonyl (C=O) groups excluding carboxylic acids is 2. The average Bonchev–Trinajstić information content (AvgIpc) is 3.30. The van der Waals surface area contributed by atoms with Crippen LogP contribution in [-0.4, -0.2) is 51.5 Å². The number of β-amino-alcohol motifs (C(OH)–C–C–N with tert-alkyl or cyclic N) is 1. The molecule has 1 aromatic carbocycles. The molecule has 0 unspecified atom stereocenters. The summed E-state index contributed by atoms with van der Waals surface area (Å²) < 4.78 is 0. The van der Waals surface area contributed by atoms with Gasteiger partial charge in [0.05, 0.1) is 28.2 Å². The summed E-state index contributed by atoms with van der Waals surface area (Å²) in [5.74, 6) is -0.399. The molecular weight excluding hydrogens is 404 g/mol. The number of aromatic nitrogens is 1. The summed E-state index contributed by atoms with van der Waals surface area (Å²) in [7, 11) is 0. The first-order valence-corrected chi connectivity index (χ1v) is 10.7. The van der Waals surface area contributed by atoms with Gasteiger partial charge in [0.2, 0.25) is 5.91 Å². The molecule has 8 nitrogen and oxygen atoms in total. The summed E-state index contributed by atoms with van der Waals surface area (Å²) >= 11 is 1.56. The molecule has 2 aromatic rings. The molecule has 9 heteroatoms. The van der Waals surface area contributed by atoms with E-state index in [1.54, 1.807) is 29.0 Å². The minimum atomic E-state index is -0.833. The Bertz CT molecular complexity index is 906. The Morgan fingerprint density at radius 1 is 1.33 bits per heavy atom. The van der Waals surface area contributed by atoms with Gasteiger partial charge >= 0.3 is 0 Å². The molecule has 4 N–H and O–H groups in total. The third kappa shape index (κ3) is 4.80. The maximum atomic E-state index is 12.8. The van der Waals surface area contributed by atoms with Crippen molar-refractivity contribution in [2.45, 2.75) is 52.3 Å². The molecule has 2 amide bonds. The van der Waals surface area contributed by atoms with Crippen LogP contribution in [0, 0.1) is 12.3 Å². The van der Waals surface area contributed by atoms with Crippen LogP contribution in [0.25, 0.3) is 10.4 Å². The van der Waals surface area contributed by atoms with Crippen molar-refractivity contribution in [2.75, 3.05) is 6.54 Å². The largest absolute Gasteiger partial charge is 0.391 e. The highest BCUT2D eigenvalue weighted by Gasteiger charge is 2.42. The van der Waals surface area contributed by atoms with Gasteiger partial charge in [-0.1, -0.05) is 20.8 Å². The van der Waals surface area contributed by atoms with Gasteiger partial charge in [-0.25, -0.2) is 4.98 Å². The highest BCUT2D eigenvalue weighted by molar-refractivity contribution is 7.13.